The number of rotatable bonds is 8. The summed E-state index contributed by atoms with van der Waals surface area (Å²) >= 11 is 0. The zero-order valence-electron chi connectivity index (χ0n) is 18.4. The number of anilines is 2. The van der Waals surface area contributed by atoms with E-state index in [-0.39, 0.29) is 22.7 Å². The Kier molecular flexibility index (Phi) is 6.54. The molecule has 4 N–H and O–H groups in total. The van der Waals surface area contributed by atoms with Gasteiger partial charge in [-0.05, 0) is 38.5 Å². The number of benzene rings is 1. The fraction of sp³-hybridized carbons (Fsp3) is 0.381. The SMILES string of the molecule is Cn1cnc2cc(-c3ccc(NC(C)(C)O)c(S(C)(=O)=O)c3)nc(NCCCO)c2c1=O. The number of aryl methyl sites for hydroxylation is 1. The Morgan fingerprint density at radius 3 is 2.56 bits per heavy atom. The first-order chi connectivity index (χ1) is 14.9. The molecule has 3 aromatic rings. The highest BCUT2D eigenvalue weighted by Crippen LogP contribution is 2.31. The van der Waals surface area contributed by atoms with Crippen LogP contribution in [0.4, 0.5) is 11.5 Å². The van der Waals surface area contributed by atoms with Gasteiger partial charge in [0.25, 0.3) is 5.56 Å². The molecule has 0 unspecified atom stereocenters. The number of aromatic nitrogens is 3. The van der Waals surface area contributed by atoms with Crippen molar-refractivity contribution in [3.8, 4) is 11.3 Å². The molecule has 2 aromatic heterocycles. The summed E-state index contributed by atoms with van der Waals surface area (Å²) in [5.41, 5.74) is -0.00877. The normalized spacial score (nSPS) is 12.2. The first-order valence-electron chi connectivity index (χ1n) is 9.97. The predicted octanol–water partition coefficient (Wildman–Crippen LogP) is 1.33. The maximum atomic E-state index is 12.7. The predicted molar refractivity (Wildman–Crippen MR) is 123 cm³/mol. The lowest BCUT2D eigenvalue weighted by Gasteiger charge is -2.23. The number of pyridine rings is 1. The fourth-order valence-corrected chi connectivity index (χ4v) is 4.06. The lowest BCUT2D eigenvalue weighted by Crippen LogP contribution is -2.30. The molecule has 0 aliphatic carbocycles. The van der Waals surface area contributed by atoms with Gasteiger partial charge in [-0.15, -0.1) is 0 Å². The second kappa shape index (κ2) is 8.85. The quantitative estimate of drug-likeness (QED) is 0.288. The number of aliphatic hydroxyl groups excluding tert-OH is 1. The topological polar surface area (TPSA) is 146 Å². The Morgan fingerprint density at radius 1 is 1.22 bits per heavy atom. The smallest absolute Gasteiger partial charge is 0.264 e. The van der Waals surface area contributed by atoms with Crippen molar-refractivity contribution in [3.05, 3.63) is 40.9 Å². The minimum atomic E-state index is -3.63. The molecule has 0 saturated heterocycles. The number of aliphatic hydroxyl groups is 2. The first kappa shape index (κ1) is 23.6. The molecule has 172 valence electrons. The van der Waals surface area contributed by atoms with E-state index in [9.17, 15) is 18.3 Å². The van der Waals surface area contributed by atoms with Crippen molar-refractivity contribution in [2.24, 2.45) is 7.05 Å². The summed E-state index contributed by atoms with van der Waals surface area (Å²) in [6, 6.07) is 6.33. The average molecular weight is 462 g/mol. The van der Waals surface area contributed by atoms with Crippen LogP contribution in [0.1, 0.15) is 20.3 Å². The van der Waals surface area contributed by atoms with Gasteiger partial charge < -0.3 is 25.4 Å². The molecule has 0 atom stereocenters. The highest BCUT2D eigenvalue weighted by atomic mass is 32.2. The third-order valence-corrected chi connectivity index (χ3v) is 5.78. The molecule has 0 bridgehead atoms. The Morgan fingerprint density at radius 2 is 1.94 bits per heavy atom. The minimum absolute atomic E-state index is 0.00532. The van der Waals surface area contributed by atoms with Gasteiger partial charge in [-0.3, -0.25) is 4.79 Å². The molecular weight excluding hydrogens is 434 g/mol. The van der Waals surface area contributed by atoms with Crippen molar-refractivity contribution in [2.45, 2.75) is 30.9 Å². The van der Waals surface area contributed by atoms with Crippen LogP contribution in [0.2, 0.25) is 0 Å². The Hall–Kier alpha value is -3.02. The Bertz CT molecular complexity index is 1310. The highest BCUT2D eigenvalue weighted by Gasteiger charge is 2.21. The molecular formula is C21H27N5O5S. The van der Waals surface area contributed by atoms with Crippen LogP contribution in [-0.2, 0) is 16.9 Å². The van der Waals surface area contributed by atoms with E-state index in [1.807, 2.05) is 0 Å². The standard InChI is InChI=1S/C21H27N5O5S/c1-21(2,29)25-14-7-6-13(10-17(14)32(4,30)31)15-11-16-18(20(28)26(3)12-23-16)19(24-15)22-8-5-9-27/h6-7,10-12,25,27,29H,5,8-9H2,1-4H3,(H,22,24). The molecule has 0 radical (unpaired) electrons. The van der Waals surface area contributed by atoms with Gasteiger partial charge in [0.05, 0.1) is 28.1 Å². The van der Waals surface area contributed by atoms with Crippen LogP contribution in [0.25, 0.3) is 22.2 Å². The second-order valence-electron chi connectivity index (χ2n) is 8.08. The number of nitrogens with one attached hydrogen (secondary N) is 2. The van der Waals surface area contributed by atoms with E-state index in [1.54, 1.807) is 25.2 Å². The van der Waals surface area contributed by atoms with Crippen LogP contribution in [-0.4, -0.2) is 58.3 Å². The lowest BCUT2D eigenvalue weighted by molar-refractivity contribution is 0.111. The number of hydrogen-bond acceptors (Lipinski definition) is 9. The van der Waals surface area contributed by atoms with Crippen molar-refractivity contribution in [2.75, 3.05) is 30.0 Å². The molecule has 32 heavy (non-hydrogen) atoms. The van der Waals surface area contributed by atoms with Gasteiger partial charge in [0.2, 0.25) is 0 Å². The van der Waals surface area contributed by atoms with Gasteiger partial charge in [-0.25, -0.2) is 18.4 Å². The fourth-order valence-electron chi connectivity index (χ4n) is 3.20. The van der Waals surface area contributed by atoms with Gasteiger partial charge in [0.15, 0.2) is 9.84 Å². The molecule has 0 spiro atoms. The monoisotopic (exact) mass is 461 g/mol. The average Bonchev–Trinajstić information content (AvgIpc) is 2.69. The number of sulfone groups is 1. The van der Waals surface area contributed by atoms with Gasteiger partial charge in [0.1, 0.15) is 16.9 Å². The van der Waals surface area contributed by atoms with Crippen LogP contribution in [0.5, 0.6) is 0 Å². The third-order valence-electron chi connectivity index (χ3n) is 4.65. The van der Waals surface area contributed by atoms with Crippen LogP contribution in [0, 0.1) is 0 Å². The van der Waals surface area contributed by atoms with Crippen LogP contribution in [0.3, 0.4) is 0 Å². The van der Waals surface area contributed by atoms with Crippen LogP contribution >= 0.6 is 0 Å². The Labute approximate surface area is 185 Å². The highest BCUT2D eigenvalue weighted by molar-refractivity contribution is 7.90. The van der Waals surface area contributed by atoms with E-state index in [0.29, 0.717) is 40.9 Å². The molecule has 0 aliphatic heterocycles. The molecule has 0 saturated carbocycles. The van der Waals surface area contributed by atoms with E-state index in [4.69, 9.17) is 5.11 Å². The van der Waals surface area contributed by atoms with Crippen molar-refractivity contribution < 1.29 is 18.6 Å². The number of nitrogens with zero attached hydrogens (tertiary/aromatic N) is 3. The van der Waals surface area contributed by atoms with Crippen molar-refractivity contribution in [3.63, 3.8) is 0 Å². The van der Waals surface area contributed by atoms with E-state index in [0.717, 1.165) is 6.26 Å². The van der Waals surface area contributed by atoms with E-state index in [2.05, 4.69) is 20.6 Å². The van der Waals surface area contributed by atoms with E-state index in [1.165, 1.54) is 30.8 Å². The third kappa shape index (κ3) is 5.23. The lowest BCUT2D eigenvalue weighted by atomic mass is 10.1. The maximum Gasteiger partial charge on any atom is 0.264 e. The van der Waals surface area contributed by atoms with Crippen molar-refractivity contribution in [1.29, 1.82) is 0 Å². The summed E-state index contributed by atoms with van der Waals surface area (Å²) in [7, 11) is -2.04. The van der Waals surface area contributed by atoms with Gasteiger partial charge in [-0.1, -0.05) is 6.07 Å². The zero-order valence-corrected chi connectivity index (χ0v) is 19.2. The van der Waals surface area contributed by atoms with E-state index >= 15 is 0 Å². The first-order valence-corrected chi connectivity index (χ1v) is 11.9. The van der Waals surface area contributed by atoms with Crippen molar-refractivity contribution in [1.82, 2.24) is 14.5 Å². The molecule has 0 aliphatic rings. The molecule has 3 rings (SSSR count). The summed E-state index contributed by atoms with van der Waals surface area (Å²) in [6.07, 6.45) is 2.95. The maximum absolute atomic E-state index is 12.7. The summed E-state index contributed by atoms with van der Waals surface area (Å²) in [4.78, 5) is 21.6. The zero-order chi connectivity index (χ0) is 23.7. The molecule has 0 fully saturated rings. The summed E-state index contributed by atoms with van der Waals surface area (Å²) < 4.78 is 26.2. The van der Waals surface area contributed by atoms with Gasteiger partial charge >= 0.3 is 0 Å². The Balaban J connectivity index is 2.20. The molecule has 10 nitrogen and oxygen atoms in total. The summed E-state index contributed by atoms with van der Waals surface area (Å²) in [5.74, 6) is 0.305. The number of hydrogen-bond donors (Lipinski definition) is 4. The van der Waals surface area contributed by atoms with E-state index < -0.39 is 15.6 Å². The van der Waals surface area contributed by atoms with Crippen molar-refractivity contribution >= 4 is 32.2 Å². The van der Waals surface area contributed by atoms with Gasteiger partial charge in [-0.2, -0.15) is 0 Å². The molecule has 0 amide bonds. The second-order valence-corrected chi connectivity index (χ2v) is 10.1. The largest absolute Gasteiger partial charge is 0.396 e. The molecule has 11 heteroatoms. The minimum Gasteiger partial charge on any atom is -0.396 e. The molecule has 2 heterocycles. The number of fused-ring (bicyclic) bond motifs is 1. The van der Waals surface area contributed by atoms with Crippen LogP contribution in [0.15, 0.2) is 40.3 Å². The summed E-state index contributed by atoms with van der Waals surface area (Å²) in [6.45, 7) is 3.39. The van der Waals surface area contributed by atoms with Crippen LogP contribution < -0.4 is 16.2 Å². The summed E-state index contributed by atoms with van der Waals surface area (Å²) in [5, 5.41) is 25.3. The molecule has 1 aromatic carbocycles. The van der Waals surface area contributed by atoms with Gasteiger partial charge in [0, 0.05) is 32.0 Å².